The van der Waals surface area contributed by atoms with Crippen LogP contribution in [0.2, 0.25) is 0 Å². The highest BCUT2D eigenvalue weighted by Crippen LogP contribution is 2.28. The molecule has 1 aliphatic rings. The van der Waals surface area contributed by atoms with Crippen molar-refractivity contribution in [2.45, 2.75) is 32.5 Å². The molecule has 0 unspecified atom stereocenters. The van der Waals surface area contributed by atoms with Gasteiger partial charge < -0.3 is 10.1 Å². The average molecular weight is 239 g/mol. The molecule has 0 aromatic rings. The Morgan fingerprint density at radius 3 is 2.31 bits per heavy atom. The van der Waals surface area contributed by atoms with Gasteiger partial charge in [0.1, 0.15) is 6.04 Å². The molecule has 0 saturated carbocycles. The molecule has 1 fully saturated rings. The van der Waals surface area contributed by atoms with E-state index in [0.717, 1.165) is 0 Å². The number of ether oxygens (including phenoxy) is 1. The summed E-state index contributed by atoms with van der Waals surface area (Å²) in [5, 5.41) is 2.71. The summed E-state index contributed by atoms with van der Waals surface area (Å²) in [6, 6.07) is -0.846. The molecule has 0 radical (unpaired) electrons. The van der Waals surface area contributed by atoms with Crippen molar-refractivity contribution in [2.75, 3.05) is 6.54 Å². The van der Waals surface area contributed by atoms with E-state index in [1.807, 2.05) is 13.8 Å². The summed E-state index contributed by atoms with van der Waals surface area (Å²) in [7, 11) is 0. The fourth-order valence-electron chi connectivity index (χ4n) is 1.48. The normalized spacial score (nSPS) is 24.2. The third kappa shape index (κ3) is 3.19. The number of nitrogens with one attached hydrogen (secondary N) is 1. The molecule has 16 heavy (non-hydrogen) atoms. The number of carbonyl (C=O) groups is 2. The van der Waals surface area contributed by atoms with Crippen LogP contribution in [0.4, 0.5) is 13.2 Å². The lowest BCUT2D eigenvalue weighted by Crippen LogP contribution is -2.37. The van der Waals surface area contributed by atoms with Crippen molar-refractivity contribution in [3.8, 4) is 0 Å². The summed E-state index contributed by atoms with van der Waals surface area (Å²) in [5.74, 6) is -3.64. The van der Waals surface area contributed by atoms with Crippen LogP contribution in [0.3, 0.4) is 0 Å². The maximum absolute atomic E-state index is 11.8. The van der Waals surface area contributed by atoms with Crippen LogP contribution in [0.25, 0.3) is 0 Å². The first kappa shape index (κ1) is 13.0. The first-order valence-corrected chi connectivity index (χ1v) is 4.68. The van der Waals surface area contributed by atoms with Crippen molar-refractivity contribution >= 4 is 11.9 Å². The maximum Gasteiger partial charge on any atom is 0.491 e. The number of hydrogen-bond acceptors (Lipinski definition) is 4. The number of halogens is 3. The van der Waals surface area contributed by atoms with E-state index < -0.39 is 24.2 Å². The number of esters is 2. The Hall–Kier alpha value is -1.11. The Morgan fingerprint density at radius 1 is 1.38 bits per heavy atom. The molecule has 1 saturated heterocycles. The maximum atomic E-state index is 11.8. The van der Waals surface area contributed by atoms with E-state index in [1.165, 1.54) is 0 Å². The topological polar surface area (TPSA) is 55.4 Å². The lowest BCUT2D eigenvalue weighted by Gasteiger charge is -2.14. The van der Waals surface area contributed by atoms with Crippen LogP contribution in [0.5, 0.6) is 0 Å². The van der Waals surface area contributed by atoms with Crippen molar-refractivity contribution in [1.29, 1.82) is 0 Å². The SMILES string of the molecule is CC1(C)CN[C@H](C(=O)OC(=O)C(F)(F)F)C1. The van der Waals surface area contributed by atoms with Gasteiger partial charge in [-0.2, -0.15) is 13.2 Å². The summed E-state index contributed by atoms with van der Waals surface area (Å²) in [4.78, 5) is 21.6. The molecule has 0 bridgehead atoms. The van der Waals surface area contributed by atoms with E-state index in [1.54, 1.807) is 0 Å². The molecule has 92 valence electrons. The molecule has 7 heteroatoms. The van der Waals surface area contributed by atoms with Gasteiger partial charge in [0, 0.05) is 6.54 Å². The Morgan fingerprint density at radius 2 is 1.94 bits per heavy atom. The van der Waals surface area contributed by atoms with Gasteiger partial charge in [-0.15, -0.1) is 0 Å². The minimum atomic E-state index is -5.14. The van der Waals surface area contributed by atoms with Gasteiger partial charge in [0.05, 0.1) is 0 Å². The zero-order chi connectivity index (χ0) is 12.6. The van der Waals surface area contributed by atoms with Gasteiger partial charge in [-0.25, -0.2) is 9.59 Å². The highest BCUT2D eigenvalue weighted by Gasteiger charge is 2.44. The van der Waals surface area contributed by atoms with E-state index in [0.29, 0.717) is 13.0 Å². The van der Waals surface area contributed by atoms with Gasteiger partial charge in [0.2, 0.25) is 0 Å². The molecule has 0 aliphatic carbocycles. The Balaban J connectivity index is 2.52. The molecule has 0 amide bonds. The Labute approximate surface area is 90.1 Å². The highest BCUT2D eigenvalue weighted by atomic mass is 19.4. The third-order valence-electron chi connectivity index (χ3n) is 2.29. The van der Waals surface area contributed by atoms with Crippen LogP contribution in [0.15, 0.2) is 0 Å². The van der Waals surface area contributed by atoms with E-state index >= 15 is 0 Å². The van der Waals surface area contributed by atoms with Crippen LogP contribution in [0, 0.1) is 5.41 Å². The smallest absolute Gasteiger partial charge is 0.385 e. The second-order valence-electron chi connectivity index (χ2n) is 4.51. The fraction of sp³-hybridized carbons (Fsp3) is 0.778. The van der Waals surface area contributed by atoms with Crippen LogP contribution >= 0.6 is 0 Å². The molecule has 4 nitrogen and oxygen atoms in total. The van der Waals surface area contributed by atoms with Gasteiger partial charge in [0.15, 0.2) is 0 Å². The predicted molar refractivity (Wildman–Crippen MR) is 47.3 cm³/mol. The molecule has 1 rings (SSSR count). The third-order valence-corrected chi connectivity index (χ3v) is 2.29. The number of carbonyl (C=O) groups excluding carboxylic acids is 2. The van der Waals surface area contributed by atoms with Crippen LogP contribution in [-0.2, 0) is 14.3 Å². The van der Waals surface area contributed by atoms with Gasteiger partial charge in [-0.1, -0.05) is 13.8 Å². The Bertz CT molecular complexity index is 312. The first-order chi connectivity index (χ1) is 7.12. The van der Waals surface area contributed by atoms with Crippen LogP contribution in [0.1, 0.15) is 20.3 Å². The van der Waals surface area contributed by atoms with E-state index in [-0.39, 0.29) is 5.41 Å². The lowest BCUT2D eigenvalue weighted by molar-refractivity contribution is -0.202. The van der Waals surface area contributed by atoms with Gasteiger partial charge in [-0.3, -0.25) is 0 Å². The van der Waals surface area contributed by atoms with Crippen molar-refractivity contribution in [3.63, 3.8) is 0 Å². The molecule has 0 spiro atoms. The molecule has 1 N–H and O–H groups in total. The average Bonchev–Trinajstić information content (AvgIpc) is 2.44. The summed E-state index contributed by atoms with van der Waals surface area (Å²) in [6.07, 6.45) is -4.79. The molecular weight excluding hydrogens is 227 g/mol. The van der Waals surface area contributed by atoms with Crippen molar-refractivity contribution in [2.24, 2.45) is 5.41 Å². The fourth-order valence-corrected chi connectivity index (χ4v) is 1.48. The highest BCUT2D eigenvalue weighted by molar-refractivity contribution is 5.91. The predicted octanol–water partition coefficient (Wildman–Crippen LogP) is 1.01. The second-order valence-corrected chi connectivity index (χ2v) is 4.51. The summed E-state index contributed by atoms with van der Waals surface area (Å²) in [5.41, 5.74) is -0.190. The van der Waals surface area contributed by atoms with Crippen LogP contribution in [-0.4, -0.2) is 30.7 Å². The number of rotatable bonds is 1. The zero-order valence-corrected chi connectivity index (χ0v) is 8.85. The number of alkyl halides is 3. The molecule has 1 heterocycles. The van der Waals surface area contributed by atoms with Crippen molar-refractivity contribution in [3.05, 3.63) is 0 Å². The molecule has 1 aliphatic heterocycles. The first-order valence-electron chi connectivity index (χ1n) is 4.68. The minimum absolute atomic E-state index is 0.190. The lowest BCUT2D eigenvalue weighted by atomic mass is 9.91. The summed E-state index contributed by atoms with van der Waals surface area (Å²) >= 11 is 0. The molecule has 0 aromatic heterocycles. The van der Waals surface area contributed by atoms with E-state index in [4.69, 9.17) is 0 Å². The number of hydrogen-bond donors (Lipinski definition) is 1. The van der Waals surface area contributed by atoms with Crippen LogP contribution < -0.4 is 5.32 Å². The quantitative estimate of drug-likeness (QED) is 0.548. The summed E-state index contributed by atoms with van der Waals surface area (Å²) < 4.78 is 39.1. The van der Waals surface area contributed by atoms with Gasteiger partial charge in [0.25, 0.3) is 0 Å². The van der Waals surface area contributed by atoms with Gasteiger partial charge in [-0.05, 0) is 11.8 Å². The van der Waals surface area contributed by atoms with E-state index in [9.17, 15) is 22.8 Å². The van der Waals surface area contributed by atoms with Gasteiger partial charge >= 0.3 is 18.1 Å². The van der Waals surface area contributed by atoms with E-state index in [2.05, 4.69) is 10.1 Å². The zero-order valence-electron chi connectivity index (χ0n) is 8.85. The Kier molecular flexibility index (Phi) is 3.27. The monoisotopic (exact) mass is 239 g/mol. The van der Waals surface area contributed by atoms with Crippen molar-refractivity contribution < 1.29 is 27.5 Å². The molecular formula is C9H12F3NO3. The minimum Gasteiger partial charge on any atom is -0.385 e. The molecule has 1 atom stereocenters. The van der Waals surface area contributed by atoms with Crippen molar-refractivity contribution in [1.82, 2.24) is 5.32 Å². The second kappa shape index (κ2) is 4.04. The summed E-state index contributed by atoms with van der Waals surface area (Å²) in [6.45, 7) is 4.21. The largest absolute Gasteiger partial charge is 0.491 e. The standard InChI is InChI=1S/C9H12F3NO3/c1-8(2)3-5(13-4-8)6(14)16-7(15)9(10,11)12/h5,13H,3-4H2,1-2H3/t5-/m0/s1. The molecule has 0 aromatic carbocycles.